The first-order valence-electron chi connectivity index (χ1n) is 6.19. The van der Waals surface area contributed by atoms with Crippen LogP contribution in [0.25, 0.3) is 0 Å². The van der Waals surface area contributed by atoms with Crippen molar-refractivity contribution in [1.29, 1.82) is 0 Å². The number of hydrogen-bond donors (Lipinski definition) is 2. The van der Waals surface area contributed by atoms with E-state index in [2.05, 4.69) is 36.5 Å². The molecule has 4 nitrogen and oxygen atoms in total. The summed E-state index contributed by atoms with van der Waals surface area (Å²) in [5.41, 5.74) is -0.339. The lowest BCUT2D eigenvalue weighted by molar-refractivity contribution is 0.498. The lowest BCUT2D eigenvalue weighted by Crippen LogP contribution is -2.07. The Morgan fingerprint density at radius 1 is 1.24 bits per heavy atom. The topological polar surface area (TPSA) is 49.8 Å². The van der Waals surface area contributed by atoms with Crippen molar-refractivity contribution in [3.8, 4) is 0 Å². The minimum atomic E-state index is -1.27. The highest BCUT2D eigenvalue weighted by Gasteiger charge is 2.13. The lowest BCUT2D eigenvalue weighted by atomic mass is 10.3. The average Bonchev–Trinajstić information content (AvgIpc) is 2.45. The number of halogens is 4. The molecule has 0 aliphatic heterocycles. The molecule has 0 amide bonds. The van der Waals surface area contributed by atoms with Gasteiger partial charge in [-0.15, -0.1) is 0 Å². The Kier molecular flexibility index (Phi) is 5.00. The van der Waals surface area contributed by atoms with Crippen molar-refractivity contribution in [1.82, 2.24) is 9.97 Å². The molecule has 0 aliphatic rings. The molecule has 0 bridgehead atoms. The number of nitrogens with zero attached hydrogens (tertiary/aromatic N) is 2. The molecule has 2 N–H and O–H groups in total. The third-order valence-electron chi connectivity index (χ3n) is 2.52. The van der Waals surface area contributed by atoms with Crippen LogP contribution in [-0.4, -0.2) is 16.5 Å². The van der Waals surface area contributed by atoms with E-state index in [0.29, 0.717) is 23.0 Å². The van der Waals surface area contributed by atoms with Gasteiger partial charge in [0.2, 0.25) is 5.95 Å². The minimum absolute atomic E-state index is 0.201. The SMILES string of the molecule is CCCNc1ncc(Br)c(Nc2cc(F)cc(F)c2F)n1. The van der Waals surface area contributed by atoms with Crippen molar-refractivity contribution >= 4 is 33.4 Å². The van der Waals surface area contributed by atoms with Crippen molar-refractivity contribution < 1.29 is 13.2 Å². The number of benzene rings is 1. The zero-order valence-corrected chi connectivity index (χ0v) is 12.6. The Labute approximate surface area is 127 Å². The molecule has 2 aromatic rings. The first-order chi connectivity index (χ1) is 10.0. The minimum Gasteiger partial charge on any atom is -0.354 e. The van der Waals surface area contributed by atoms with Crippen LogP contribution in [0.3, 0.4) is 0 Å². The average molecular weight is 361 g/mol. The molecular formula is C13H12BrF3N4. The number of hydrogen-bond acceptors (Lipinski definition) is 4. The van der Waals surface area contributed by atoms with E-state index >= 15 is 0 Å². The number of nitrogens with one attached hydrogen (secondary N) is 2. The summed E-state index contributed by atoms with van der Waals surface area (Å²) in [7, 11) is 0. The van der Waals surface area contributed by atoms with Crippen LogP contribution in [0.4, 0.5) is 30.6 Å². The number of rotatable bonds is 5. The Balaban J connectivity index is 2.30. The molecule has 0 radical (unpaired) electrons. The number of aromatic nitrogens is 2. The molecule has 21 heavy (non-hydrogen) atoms. The fourth-order valence-electron chi connectivity index (χ4n) is 1.55. The van der Waals surface area contributed by atoms with Crippen LogP contribution in [-0.2, 0) is 0 Å². The Hall–Kier alpha value is -1.83. The summed E-state index contributed by atoms with van der Waals surface area (Å²) in [6.07, 6.45) is 2.34. The third kappa shape index (κ3) is 3.84. The molecule has 0 atom stereocenters. The fourth-order valence-corrected chi connectivity index (χ4v) is 1.84. The molecule has 0 saturated carbocycles. The first kappa shape index (κ1) is 15.6. The van der Waals surface area contributed by atoms with Crippen LogP contribution in [0.1, 0.15) is 13.3 Å². The molecule has 0 fully saturated rings. The molecule has 8 heteroatoms. The van der Waals surface area contributed by atoms with Crippen LogP contribution >= 0.6 is 15.9 Å². The van der Waals surface area contributed by atoms with Gasteiger partial charge in [-0.25, -0.2) is 18.2 Å². The van der Waals surface area contributed by atoms with Crippen molar-refractivity contribution in [3.63, 3.8) is 0 Å². The van der Waals surface area contributed by atoms with E-state index in [1.807, 2.05) is 6.92 Å². The van der Waals surface area contributed by atoms with Crippen molar-refractivity contribution in [3.05, 3.63) is 40.3 Å². The van der Waals surface area contributed by atoms with Gasteiger partial charge >= 0.3 is 0 Å². The van der Waals surface area contributed by atoms with Gasteiger partial charge in [0.1, 0.15) is 11.6 Å². The molecular weight excluding hydrogens is 349 g/mol. The second-order valence-corrected chi connectivity index (χ2v) is 5.05. The van der Waals surface area contributed by atoms with Gasteiger partial charge < -0.3 is 10.6 Å². The highest BCUT2D eigenvalue weighted by Crippen LogP contribution is 2.27. The van der Waals surface area contributed by atoms with E-state index in [1.54, 1.807) is 0 Å². The zero-order valence-electron chi connectivity index (χ0n) is 11.1. The Bertz CT molecular complexity index is 652. The largest absolute Gasteiger partial charge is 0.354 e. The summed E-state index contributed by atoms with van der Waals surface area (Å²) in [5.74, 6) is -2.80. The van der Waals surface area contributed by atoms with E-state index in [0.717, 1.165) is 12.5 Å². The van der Waals surface area contributed by atoms with Gasteiger partial charge in [-0.3, -0.25) is 0 Å². The lowest BCUT2D eigenvalue weighted by Gasteiger charge is -2.11. The summed E-state index contributed by atoms with van der Waals surface area (Å²) < 4.78 is 40.4. The second kappa shape index (κ2) is 6.75. The van der Waals surface area contributed by atoms with Gasteiger partial charge in [0.15, 0.2) is 11.6 Å². The maximum Gasteiger partial charge on any atom is 0.224 e. The smallest absolute Gasteiger partial charge is 0.224 e. The highest BCUT2D eigenvalue weighted by molar-refractivity contribution is 9.10. The molecule has 1 aromatic carbocycles. The molecule has 1 aromatic heterocycles. The van der Waals surface area contributed by atoms with Crippen LogP contribution in [0.2, 0.25) is 0 Å². The molecule has 2 rings (SSSR count). The van der Waals surface area contributed by atoms with E-state index in [-0.39, 0.29) is 11.5 Å². The van der Waals surface area contributed by atoms with Gasteiger partial charge in [-0.1, -0.05) is 6.92 Å². The van der Waals surface area contributed by atoms with E-state index in [1.165, 1.54) is 6.20 Å². The predicted octanol–water partition coefficient (Wildman–Crippen LogP) is 4.22. The van der Waals surface area contributed by atoms with Crippen molar-refractivity contribution in [2.75, 3.05) is 17.2 Å². The van der Waals surface area contributed by atoms with E-state index in [4.69, 9.17) is 0 Å². The molecule has 112 valence electrons. The standard InChI is InChI=1S/C13H12BrF3N4/c1-2-3-18-13-19-6-8(14)12(21-13)20-10-5-7(15)4-9(16)11(10)17/h4-6H,2-3H2,1H3,(H2,18,19,20,21). The fraction of sp³-hybridized carbons (Fsp3) is 0.231. The summed E-state index contributed by atoms with van der Waals surface area (Å²) in [5, 5.41) is 5.51. The van der Waals surface area contributed by atoms with Crippen molar-refractivity contribution in [2.24, 2.45) is 0 Å². The molecule has 0 saturated heterocycles. The summed E-state index contributed by atoms with van der Waals surface area (Å²) >= 11 is 3.19. The first-order valence-corrected chi connectivity index (χ1v) is 6.98. The summed E-state index contributed by atoms with van der Waals surface area (Å²) in [6, 6.07) is 1.33. The monoisotopic (exact) mass is 360 g/mol. The number of anilines is 3. The summed E-state index contributed by atoms with van der Waals surface area (Å²) in [4.78, 5) is 8.14. The second-order valence-electron chi connectivity index (χ2n) is 4.19. The van der Waals surface area contributed by atoms with E-state index in [9.17, 15) is 13.2 Å². The predicted molar refractivity (Wildman–Crippen MR) is 78.1 cm³/mol. The van der Waals surface area contributed by atoms with E-state index < -0.39 is 17.5 Å². The van der Waals surface area contributed by atoms with Crippen LogP contribution in [0, 0.1) is 17.5 Å². The highest BCUT2D eigenvalue weighted by atomic mass is 79.9. The Morgan fingerprint density at radius 3 is 2.71 bits per heavy atom. The normalized spacial score (nSPS) is 10.5. The quantitative estimate of drug-likeness (QED) is 0.783. The summed E-state index contributed by atoms with van der Waals surface area (Å²) in [6.45, 7) is 2.65. The third-order valence-corrected chi connectivity index (χ3v) is 3.10. The molecule has 1 heterocycles. The van der Waals surface area contributed by atoms with Gasteiger partial charge in [0.25, 0.3) is 0 Å². The van der Waals surface area contributed by atoms with Crippen molar-refractivity contribution in [2.45, 2.75) is 13.3 Å². The van der Waals surface area contributed by atoms with Gasteiger partial charge in [-0.05, 0) is 22.4 Å². The molecule has 0 unspecified atom stereocenters. The van der Waals surface area contributed by atoms with Crippen LogP contribution in [0.15, 0.2) is 22.8 Å². The maximum atomic E-state index is 13.6. The van der Waals surface area contributed by atoms with Gasteiger partial charge in [-0.2, -0.15) is 4.98 Å². The molecule has 0 spiro atoms. The maximum absolute atomic E-state index is 13.6. The van der Waals surface area contributed by atoms with Crippen LogP contribution in [0.5, 0.6) is 0 Å². The zero-order chi connectivity index (χ0) is 15.4. The van der Waals surface area contributed by atoms with Gasteiger partial charge in [0, 0.05) is 24.9 Å². The molecule has 0 aliphatic carbocycles. The van der Waals surface area contributed by atoms with Crippen LogP contribution < -0.4 is 10.6 Å². The Morgan fingerprint density at radius 2 is 2.00 bits per heavy atom. The van der Waals surface area contributed by atoms with Gasteiger partial charge in [0.05, 0.1) is 10.2 Å².